The first-order chi connectivity index (χ1) is 8.36. The third kappa shape index (κ3) is 2.70. The minimum atomic E-state index is -0.941. The van der Waals surface area contributed by atoms with Crippen molar-refractivity contribution in [2.24, 2.45) is 5.41 Å². The molecule has 1 aliphatic heterocycles. The summed E-state index contributed by atoms with van der Waals surface area (Å²) in [5, 5.41) is 19.6. The molecule has 0 unspecified atom stereocenters. The molecule has 0 bridgehead atoms. The normalized spacial score (nSPS) is 29.5. The SMILES string of the molecule is CCC(CC)([C@@H](O)OC)[C@H]1OC(C)(C)O[C@H]1CO. The van der Waals surface area contributed by atoms with E-state index in [1.54, 1.807) is 0 Å². The number of methoxy groups -OCH3 is 1. The summed E-state index contributed by atoms with van der Waals surface area (Å²) in [5.41, 5.74) is -0.573. The molecule has 0 aromatic carbocycles. The molecule has 0 aromatic heterocycles. The fourth-order valence-electron chi connectivity index (χ4n) is 2.83. The van der Waals surface area contributed by atoms with Gasteiger partial charge in [-0.25, -0.2) is 0 Å². The van der Waals surface area contributed by atoms with Crippen LogP contribution in [-0.4, -0.2) is 48.2 Å². The predicted molar refractivity (Wildman–Crippen MR) is 66.9 cm³/mol. The number of aliphatic hydroxyl groups is 2. The maximum Gasteiger partial charge on any atom is 0.163 e. The van der Waals surface area contributed by atoms with Crippen LogP contribution in [0.3, 0.4) is 0 Å². The van der Waals surface area contributed by atoms with E-state index < -0.39 is 23.6 Å². The van der Waals surface area contributed by atoms with E-state index in [4.69, 9.17) is 14.2 Å². The molecule has 0 spiro atoms. The summed E-state index contributed by atoms with van der Waals surface area (Å²) in [6.45, 7) is 7.45. The molecule has 0 radical (unpaired) electrons. The van der Waals surface area contributed by atoms with Crippen molar-refractivity contribution in [3.63, 3.8) is 0 Å². The van der Waals surface area contributed by atoms with E-state index >= 15 is 0 Å². The quantitative estimate of drug-likeness (QED) is 0.706. The Morgan fingerprint density at radius 1 is 1.28 bits per heavy atom. The molecule has 1 aliphatic rings. The van der Waals surface area contributed by atoms with Gasteiger partial charge in [0.1, 0.15) is 6.10 Å². The van der Waals surface area contributed by atoms with E-state index in [1.165, 1.54) is 7.11 Å². The van der Waals surface area contributed by atoms with Crippen LogP contribution in [0.25, 0.3) is 0 Å². The summed E-state index contributed by atoms with van der Waals surface area (Å²) in [6, 6.07) is 0. The minimum absolute atomic E-state index is 0.133. The van der Waals surface area contributed by atoms with E-state index in [1.807, 2.05) is 27.7 Å². The van der Waals surface area contributed by atoms with Crippen LogP contribution in [0.4, 0.5) is 0 Å². The van der Waals surface area contributed by atoms with Crippen molar-refractivity contribution < 1.29 is 24.4 Å². The average molecular weight is 262 g/mol. The lowest BCUT2D eigenvalue weighted by Gasteiger charge is -2.41. The van der Waals surface area contributed by atoms with Crippen molar-refractivity contribution in [2.75, 3.05) is 13.7 Å². The lowest BCUT2D eigenvalue weighted by atomic mass is 9.74. The molecule has 18 heavy (non-hydrogen) atoms. The van der Waals surface area contributed by atoms with Gasteiger partial charge in [0.15, 0.2) is 12.1 Å². The highest BCUT2D eigenvalue weighted by Gasteiger charge is 2.54. The summed E-state index contributed by atoms with van der Waals surface area (Å²) < 4.78 is 16.7. The number of rotatable bonds is 6. The van der Waals surface area contributed by atoms with E-state index in [0.717, 1.165) is 0 Å². The van der Waals surface area contributed by atoms with Gasteiger partial charge in [-0.2, -0.15) is 0 Å². The zero-order valence-electron chi connectivity index (χ0n) is 12.0. The minimum Gasteiger partial charge on any atom is -0.394 e. The maximum absolute atomic E-state index is 10.2. The van der Waals surface area contributed by atoms with E-state index in [9.17, 15) is 10.2 Å². The Morgan fingerprint density at radius 3 is 2.22 bits per heavy atom. The van der Waals surface area contributed by atoms with Crippen molar-refractivity contribution >= 4 is 0 Å². The first-order valence-electron chi connectivity index (χ1n) is 6.54. The molecule has 1 saturated heterocycles. The van der Waals surface area contributed by atoms with Crippen molar-refractivity contribution in [3.8, 4) is 0 Å². The van der Waals surface area contributed by atoms with Gasteiger partial charge in [-0.05, 0) is 26.7 Å². The Bertz CT molecular complexity index is 262. The second kappa shape index (κ2) is 5.84. The number of hydrogen-bond donors (Lipinski definition) is 2. The summed E-state index contributed by atoms with van der Waals surface area (Å²) in [4.78, 5) is 0. The van der Waals surface area contributed by atoms with Gasteiger partial charge in [0.2, 0.25) is 0 Å². The van der Waals surface area contributed by atoms with Crippen LogP contribution in [-0.2, 0) is 14.2 Å². The van der Waals surface area contributed by atoms with Crippen molar-refractivity contribution in [1.82, 2.24) is 0 Å². The third-order valence-corrected chi connectivity index (χ3v) is 3.96. The average Bonchev–Trinajstić information content (AvgIpc) is 2.67. The summed E-state index contributed by atoms with van der Waals surface area (Å²) in [7, 11) is 1.47. The molecular formula is C13H26O5. The third-order valence-electron chi connectivity index (χ3n) is 3.96. The molecule has 5 heteroatoms. The molecule has 1 rings (SSSR count). The van der Waals surface area contributed by atoms with E-state index in [2.05, 4.69) is 0 Å². The van der Waals surface area contributed by atoms with Crippen molar-refractivity contribution in [2.45, 2.75) is 64.8 Å². The molecular weight excluding hydrogens is 236 g/mol. The fraction of sp³-hybridized carbons (Fsp3) is 1.00. The summed E-state index contributed by atoms with van der Waals surface area (Å²) in [5.74, 6) is -0.749. The first-order valence-corrected chi connectivity index (χ1v) is 6.54. The van der Waals surface area contributed by atoms with Gasteiger partial charge in [0.25, 0.3) is 0 Å². The van der Waals surface area contributed by atoms with Crippen LogP contribution in [0.1, 0.15) is 40.5 Å². The van der Waals surface area contributed by atoms with Crippen LogP contribution < -0.4 is 0 Å². The molecule has 2 N–H and O–H groups in total. The fourth-order valence-corrected chi connectivity index (χ4v) is 2.83. The van der Waals surface area contributed by atoms with Crippen LogP contribution in [0.15, 0.2) is 0 Å². The van der Waals surface area contributed by atoms with Gasteiger partial charge in [-0.15, -0.1) is 0 Å². The molecule has 1 fully saturated rings. The number of hydrogen-bond acceptors (Lipinski definition) is 5. The van der Waals surface area contributed by atoms with Gasteiger partial charge in [-0.1, -0.05) is 13.8 Å². The zero-order valence-corrected chi connectivity index (χ0v) is 12.0. The highest BCUT2D eigenvalue weighted by atomic mass is 16.8. The Labute approximate surface area is 109 Å². The molecule has 0 aliphatic carbocycles. The predicted octanol–water partition coefficient (Wildman–Crippen LogP) is 1.27. The number of ether oxygens (including phenoxy) is 3. The molecule has 0 amide bonds. The second-order valence-electron chi connectivity index (χ2n) is 5.31. The van der Waals surface area contributed by atoms with Gasteiger partial charge < -0.3 is 24.4 Å². The first kappa shape index (κ1) is 15.9. The number of aliphatic hydroxyl groups excluding tert-OH is 2. The molecule has 0 saturated carbocycles. The molecule has 0 aromatic rings. The molecule has 108 valence electrons. The van der Waals surface area contributed by atoms with Crippen LogP contribution in [0.5, 0.6) is 0 Å². The van der Waals surface area contributed by atoms with Gasteiger partial charge in [-0.3, -0.25) is 0 Å². The Kier molecular flexibility index (Phi) is 5.14. The largest absolute Gasteiger partial charge is 0.394 e. The molecule has 3 atom stereocenters. The monoisotopic (exact) mass is 262 g/mol. The Hall–Kier alpha value is -0.200. The van der Waals surface area contributed by atoms with Crippen LogP contribution >= 0.6 is 0 Å². The van der Waals surface area contributed by atoms with Crippen LogP contribution in [0, 0.1) is 5.41 Å². The van der Waals surface area contributed by atoms with Crippen LogP contribution in [0.2, 0.25) is 0 Å². The van der Waals surface area contributed by atoms with Gasteiger partial charge in [0.05, 0.1) is 12.7 Å². The lowest BCUT2D eigenvalue weighted by molar-refractivity contribution is -0.219. The maximum atomic E-state index is 10.2. The lowest BCUT2D eigenvalue weighted by Crippen LogP contribution is -2.50. The topological polar surface area (TPSA) is 68.2 Å². The highest BCUT2D eigenvalue weighted by Crippen LogP contribution is 2.45. The molecule has 5 nitrogen and oxygen atoms in total. The Morgan fingerprint density at radius 2 is 1.83 bits per heavy atom. The van der Waals surface area contributed by atoms with E-state index in [0.29, 0.717) is 12.8 Å². The summed E-state index contributed by atoms with van der Waals surface area (Å²) in [6.07, 6.45) is -0.408. The molecule has 1 heterocycles. The smallest absolute Gasteiger partial charge is 0.163 e. The van der Waals surface area contributed by atoms with Crippen molar-refractivity contribution in [1.29, 1.82) is 0 Å². The van der Waals surface area contributed by atoms with E-state index in [-0.39, 0.29) is 12.7 Å². The van der Waals surface area contributed by atoms with Gasteiger partial charge >= 0.3 is 0 Å². The summed E-state index contributed by atoms with van der Waals surface area (Å²) >= 11 is 0. The Balaban J connectivity index is 3.05. The highest BCUT2D eigenvalue weighted by molar-refractivity contribution is 4.96. The zero-order chi connectivity index (χ0) is 14.0. The van der Waals surface area contributed by atoms with Crippen molar-refractivity contribution in [3.05, 3.63) is 0 Å². The standard InChI is InChI=1S/C13H26O5/c1-6-13(7-2,11(15)16-5)10-9(8-14)17-12(3,4)18-10/h9-11,14-15H,6-8H2,1-5H3/t9-,10-,11-/m0/s1. The second-order valence-corrected chi connectivity index (χ2v) is 5.31. The van der Waals surface area contributed by atoms with Gasteiger partial charge in [0, 0.05) is 12.5 Å².